The Morgan fingerprint density at radius 2 is 2.00 bits per heavy atom. The number of aromatic nitrogens is 3. The molecular weight excluding hydrogens is 335 g/mol. The Bertz CT molecular complexity index is 774. The SMILES string of the molecule is O=C(c1nnc2n1CCCC2)N1CCCC(COc2ccc(F)cc2)C1. The standard InChI is InChI=1S/C19H23FN4O2/c20-15-6-8-16(9-7-15)26-13-14-4-3-10-23(12-14)19(25)18-22-21-17-5-1-2-11-24(17)18/h6-9,14H,1-5,10-13H2. The molecule has 1 aromatic carbocycles. The molecule has 26 heavy (non-hydrogen) atoms. The summed E-state index contributed by atoms with van der Waals surface area (Å²) in [5, 5.41) is 8.34. The molecule has 0 N–H and O–H groups in total. The van der Waals surface area contributed by atoms with Crippen LogP contribution in [-0.2, 0) is 13.0 Å². The van der Waals surface area contributed by atoms with Crippen molar-refractivity contribution in [3.63, 3.8) is 0 Å². The average molecular weight is 358 g/mol. The highest BCUT2D eigenvalue weighted by Gasteiger charge is 2.29. The predicted octanol–water partition coefficient (Wildman–Crippen LogP) is 2.68. The summed E-state index contributed by atoms with van der Waals surface area (Å²) in [6.07, 6.45) is 5.04. The molecule has 1 amide bonds. The van der Waals surface area contributed by atoms with Gasteiger partial charge in [0.15, 0.2) is 0 Å². The van der Waals surface area contributed by atoms with Gasteiger partial charge in [0.2, 0.25) is 5.82 Å². The average Bonchev–Trinajstić information content (AvgIpc) is 3.11. The van der Waals surface area contributed by atoms with Crippen molar-refractivity contribution in [2.24, 2.45) is 5.92 Å². The smallest absolute Gasteiger partial charge is 0.291 e. The highest BCUT2D eigenvalue weighted by Crippen LogP contribution is 2.22. The van der Waals surface area contributed by atoms with Gasteiger partial charge in [0.05, 0.1) is 6.61 Å². The Morgan fingerprint density at radius 1 is 1.15 bits per heavy atom. The van der Waals surface area contributed by atoms with Crippen LogP contribution in [0.15, 0.2) is 24.3 Å². The van der Waals surface area contributed by atoms with Crippen LogP contribution >= 0.6 is 0 Å². The Balaban J connectivity index is 1.38. The lowest BCUT2D eigenvalue weighted by molar-refractivity contribution is 0.0615. The number of hydrogen-bond acceptors (Lipinski definition) is 4. The van der Waals surface area contributed by atoms with E-state index >= 15 is 0 Å². The van der Waals surface area contributed by atoms with E-state index < -0.39 is 0 Å². The minimum Gasteiger partial charge on any atom is -0.493 e. The van der Waals surface area contributed by atoms with Gasteiger partial charge in [-0.05, 0) is 49.9 Å². The largest absolute Gasteiger partial charge is 0.493 e. The van der Waals surface area contributed by atoms with Gasteiger partial charge in [-0.3, -0.25) is 4.79 Å². The van der Waals surface area contributed by atoms with Gasteiger partial charge in [0.1, 0.15) is 17.4 Å². The van der Waals surface area contributed by atoms with Crippen LogP contribution in [0.4, 0.5) is 4.39 Å². The first kappa shape index (κ1) is 17.0. The second kappa shape index (κ2) is 7.43. The third kappa shape index (κ3) is 3.57. The number of halogens is 1. The minimum absolute atomic E-state index is 0.0304. The molecule has 0 aliphatic carbocycles. The van der Waals surface area contributed by atoms with E-state index in [-0.39, 0.29) is 17.6 Å². The Hall–Kier alpha value is -2.44. The fourth-order valence-corrected chi connectivity index (χ4v) is 3.74. The van der Waals surface area contributed by atoms with E-state index in [0.29, 0.717) is 24.7 Å². The van der Waals surface area contributed by atoms with Gasteiger partial charge in [-0.2, -0.15) is 0 Å². The monoisotopic (exact) mass is 358 g/mol. The summed E-state index contributed by atoms with van der Waals surface area (Å²) in [5.74, 6) is 2.01. The van der Waals surface area contributed by atoms with E-state index in [9.17, 15) is 9.18 Å². The van der Waals surface area contributed by atoms with E-state index in [4.69, 9.17) is 4.74 Å². The maximum Gasteiger partial charge on any atom is 0.291 e. The van der Waals surface area contributed by atoms with Gasteiger partial charge in [-0.15, -0.1) is 10.2 Å². The number of carbonyl (C=O) groups excluding carboxylic acids is 1. The molecule has 0 spiro atoms. The maximum absolute atomic E-state index is 13.0. The van der Waals surface area contributed by atoms with Crippen molar-refractivity contribution in [1.29, 1.82) is 0 Å². The fourth-order valence-electron chi connectivity index (χ4n) is 3.74. The molecular formula is C19H23FN4O2. The van der Waals surface area contributed by atoms with Crippen LogP contribution in [0.1, 0.15) is 42.1 Å². The number of hydrogen-bond donors (Lipinski definition) is 0. The lowest BCUT2D eigenvalue weighted by Gasteiger charge is -2.32. The summed E-state index contributed by atoms with van der Waals surface area (Å²) in [6.45, 7) is 2.75. The second-order valence-electron chi connectivity index (χ2n) is 7.07. The molecule has 0 bridgehead atoms. The molecule has 138 valence electrons. The zero-order chi connectivity index (χ0) is 17.9. The summed E-state index contributed by atoms with van der Waals surface area (Å²) in [7, 11) is 0. The molecule has 3 heterocycles. The van der Waals surface area contributed by atoms with Crippen molar-refractivity contribution >= 4 is 5.91 Å². The molecule has 1 saturated heterocycles. The third-order valence-corrected chi connectivity index (χ3v) is 5.16. The summed E-state index contributed by atoms with van der Waals surface area (Å²) < 4.78 is 20.7. The number of ether oxygens (including phenoxy) is 1. The second-order valence-corrected chi connectivity index (χ2v) is 7.07. The van der Waals surface area contributed by atoms with Crippen LogP contribution in [0, 0.1) is 11.7 Å². The summed E-state index contributed by atoms with van der Waals surface area (Å²) in [6, 6.07) is 6.04. The number of carbonyl (C=O) groups is 1. The van der Waals surface area contributed by atoms with Crippen LogP contribution < -0.4 is 4.74 Å². The highest BCUT2D eigenvalue weighted by atomic mass is 19.1. The van der Waals surface area contributed by atoms with Crippen LogP contribution in [-0.4, -0.2) is 45.3 Å². The number of piperidine rings is 1. The maximum atomic E-state index is 13.0. The van der Waals surface area contributed by atoms with Crippen molar-refractivity contribution < 1.29 is 13.9 Å². The van der Waals surface area contributed by atoms with E-state index in [1.54, 1.807) is 12.1 Å². The van der Waals surface area contributed by atoms with Crippen LogP contribution in [0.2, 0.25) is 0 Å². The van der Waals surface area contributed by atoms with Crippen LogP contribution in [0.25, 0.3) is 0 Å². The Labute approximate surface area is 152 Å². The van der Waals surface area contributed by atoms with Gasteiger partial charge in [0, 0.05) is 32.0 Å². The number of fused-ring (bicyclic) bond motifs is 1. The minimum atomic E-state index is -0.275. The third-order valence-electron chi connectivity index (χ3n) is 5.16. The van der Waals surface area contributed by atoms with Gasteiger partial charge in [0.25, 0.3) is 5.91 Å². The van der Waals surface area contributed by atoms with Crippen molar-refractivity contribution in [1.82, 2.24) is 19.7 Å². The lowest BCUT2D eigenvalue weighted by Crippen LogP contribution is -2.42. The molecule has 0 saturated carbocycles. The molecule has 6 nitrogen and oxygen atoms in total. The molecule has 7 heteroatoms. The van der Waals surface area contributed by atoms with Crippen LogP contribution in [0.3, 0.4) is 0 Å². The van der Waals surface area contributed by atoms with Gasteiger partial charge < -0.3 is 14.2 Å². The zero-order valence-electron chi connectivity index (χ0n) is 14.7. The summed E-state index contributed by atoms with van der Waals surface area (Å²) in [5.41, 5.74) is 0. The molecule has 2 aromatic rings. The fraction of sp³-hybridized carbons (Fsp3) is 0.526. The quantitative estimate of drug-likeness (QED) is 0.843. The number of amides is 1. The predicted molar refractivity (Wildman–Crippen MR) is 93.5 cm³/mol. The van der Waals surface area contributed by atoms with E-state index in [0.717, 1.165) is 51.0 Å². The normalized spacial score (nSPS) is 19.9. The zero-order valence-corrected chi connectivity index (χ0v) is 14.7. The lowest BCUT2D eigenvalue weighted by atomic mass is 9.99. The van der Waals surface area contributed by atoms with Gasteiger partial charge >= 0.3 is 0 Å². The number of likely N-dealkylation sites (tertiary alicyclic amines) is 1. The molecule has 2 aliphatic rings. The molecule has 2 aliphatic heterocycles. The summed E-state index contributed by atoms with van der Waals surface area (Å²) >= 11 is 0. The highest BCUT2D eigenvalue weighted by molar-refractivity contribution is 5.90. The van der Waals surface area contributed by atoms with Crippen molar-refractivity contribution in [2.45, 2.75) is 38.6 Å². The van der Waals surface area contributed by atoms with Crippen molar-refractivity contribution in [2.75, 3.05) is 19.7 Å². The van der Waals surface area contributed by atoms with Crippen molar-refractivity contribution in [3.8, 4) is 5.75 Å². The van der Waals surface area contributed by atoms with E-state index in [1.165, 1.54) is 12.1 Å². The number of benzene rings is 1. The molecule has 1 atom stereocenters. The van der Waals surface area contributed by atoms with Gasteiger partial charge in [-0.25, -0.2) is 4.39 Å². The first-order chi connectivity index (χ1) is 12.7. The first-order valence-electron chi connectivity index (χ1n) is 9.30. The number of nitrogens with zero attached hydrogens (tertiary/aromatic N) is 4. The van der Waals surface area contributed by atoms with E-state index in [1.807, 2.05) is 9.47 Å². The number of aryl methyl sites for hydroxylation is 1. The van der Waals surface area contributed by atoms with E-state index in [2.05, 4.69) is 10.2 Å². The Morgan fingerprint density at radius 3 is 2.85 bits per heavy atom. The van der Waals surface area contributed by atoms with Crippen LogP contribution in [0.5, 0.6) is 5.75 Å². The van der Waals surface area contributed by atoms with Gasteiger partial charge in [-0.1, -0.05) is 0 Å². The van der Waals surface area contributed by atoms with Crippen molar-refractivity contribution in [3.05, 3.63) is 41.7 Å². The molecule has 1 unspecified atom stereocenters. The first-order valence-corrected chi connectivity index (χ1v) is 9.30. The topological polar surface area (TPSA) is 60.2 Å². The molecule has 0 radical (unpaired) electrons. The Kier molecular flexibility index (Phi) is 4.86. The molecule has 1 fully saturated rings. The number of rotatable bonds is 4. The molecule has 1 aromatic heterocycles. The molecule has 4 rings (SSSR count). The summed E-state index contributed by atoms with van der Waals surface area (Å²) in [4.78, 5) is 14.8.